The second-order valence-electron chi connectivity index (χ2n) is 4.36. The predicted octanol–water partition coefficient (Wildman–Crippen LogP) is 2.58. The molecule has 0 amide bonds. The van der Waals surface area contributed by atoms with Crippen LogP contribution < -0.4 is 4.74 Å². The fourth-order valence-electron chi connectivity index (χ4n) is 1.40. The van der Waals surface area contributed by atoms with Crippen molar-refractivity contribution in [1.29, 1.82) is 0 Å². The maximum atomic E-state index is 5.37. The molecule has 1 aromatic carbocycles. The van der Waals surface area contributed by atoms with Crippen molar-refractivity contribution in [2.24, 2.45) is 0 Å². The zero-order valence-corrected chi connectivity index (χ0v) is 8.29. The first kappa shape index (κ1) is 8.42. The molecule has 0 fully saturated rings. The molecule has 13 heavy (non-hydrogen) atoms. The quantitative estimate of drug-likeness (QED) is 0.561. The molecule has 0 spiro atoms. The minimum Gasteiger partial charge on any atom is -0.551 e. The van der Waals surface area contributed by atoms with Gasteiger partial charge in [0.05, 0.1) is 0 Å². The molecule has 70 valence electrons. The monoisotopic (exact) mass is 179 g/mol. The van der Waals surface area contributed by atoms with E-state index < -0.39 is 0 Å². The third-order valence-corrected chi connectivity index (χ3v) is 2.28. The van der Waals surface area contributed by atoms with Crippen molar-refractivity contribution in [3.8, 4) is 11.5 Å². The molecule has 0 saturated heterocycles. The fraction of sp³-hybridized carbons (Fsp3) is 0.455. The minimum atomic E-state index is 0.182. The van der Waals surface area contributed by atoms with E-state index in [-0.39, 0.29) is 5.41 Å². The van der Waals surface area contributed by atoms with Gasteiger partial charge in [-0.15, -0.1) is 0 Å². The van der Waals surface area contributed by atoms with Crippen LogP contribution in [-0.2, 0) is 5.41 Å². The van der Waals surface area contributed by atoms with Crippen LogP contribution in [0.1, 0.15) is 26.3 Å². The van der Waals surface area contributed by atoms with E-state index in [0.717, 1.165) is 11.5 Å². The summed E-state index contributed by atoms with van der Waals surface area (Å²) in [6.07, 6.45) is 0. The molecular formula is C11H15O2+. The van der Waals surface area contributed by atoms with Crippen molar-refractivity contribution in [2.45, 2.75) is 26.2 Å². The highest BCUT2D eigenvalue weighted by molar-refractivity contribution is 5.45. The van der Waals surface area contributed by atoms with Crippen molar-refractivity contribution in [2.75, 3.05) is 6.79 Å². The van der Waals surface area contributed by atoms with Gasteiger partial charge >= 0.3 is 6.79 Å². The Kier molecular flexibility index (Phi) is 1.72. The minimum absolute atomic E-state index is 0.182. The lowest BCUT2D eigenvalue weighted by Gasteiger charge is -2.18. The second-order valence-corrected chi connectivity index (χ2v) is 4.36. The predicted molar refractivity (Wildman–Crippen MR) is 52.3 cm³/mol. The average Bonchev–Trinajstić information content (AvgIpc) is 2.47. The van der Waals surface area contributed by atoms with E-state index >= 15 is 0 Å². The highest BCUT2D eigenvalue weighted by Gasteiger charge is 2.22. The van der Waals surface area contributed by atoms with E-state index in [2.05, 4.69) is 37.6 Å². The zero-order chi connectivity index (χ0) is 9.47. The number of ether oxygens (including phenoxy) is 2. The van der Waals surface area contributed by atoms with Gasteiger partial charge in [0.25, 0.3) is 5.75 Å². The van der Waals surface area contributed by atoms with Crippen LogP contribution in [0.15, 0.2) is 18.2 Å². The van der Waals surface area contributed by atoms with E-state index in [1.807, 2.05) is 6.07 Å². The van der Waals surface area contributed by atoms with Gasteiger partial charge in [-0.2, -0.15) is 0 Å². The first-order chi connectivity index (χ1) is 6.07. The fourth-order valence-corrected chi connectivity index (χ4v) is 1.40. The van der Waals surface area contributed by atoms with Crippen molar-refractivity contribution >= 4 is 0 Å². The van der Waals surface area contributed by atoms with Crippen LogP contribution in [0.25, 0.3) is 0 Å². The van der Waals surface area contributed by atoms with Gasteiger partial charge in [0, 0.05) is 6.07 Å². The van der Waals surface area contributed by atoms with Crippen molar-refractivity contribution in [3.05, 3.63) is 23.8 Å². The third kappa shape index (κ3) is 1.48. The Balaban J connectivity index is 2.42. The molecule has 2 heteroatoms. The first-order valence-corrected chi connectivity index (χ1v) is 4.52. The van der Waals surface area contributed by atoms with Gasteiger partial charge in [0.2, 0.25) is 5.75 Å². The molecule has 1 aromatic rings. The van der Waals surface area contributed by atoms with E-state index in [1.54, 1.807) is 0 Å². The Morgan fingerprint density at radius 2 is 2.08 bits per heavy atom. The summed E-state index contributed by atoms with van der Waals surface area (Å²) in [7, 11) is 0. The summed E-state index contributed by atoms with van der Waals surface area (Å²) in [4.78, 5) is 0. The first-order valence-electron chi connectivity index (χ1n) is 4.52. The van der Waals surface area contributed by atoms with Gasteiger partial charge < -0.3 is 9.47 Å². The average molecular weight is 179 g/mol. The molecule has 2 nitrogen and oxygen atoms in total. The van der Waals surface area contributed by atoms with Crippen LogP contribution in [0.4, 0.5) is 0 Å². The maximum Gasteiger partial charge on any atom is 0.327 e. The Morgan fingerprint density at radius 3 is 2.77 bits per heavy atom. The molecule has 1 aliphatic rings. The molecule has 0 aromatic heterocycles. The summed E-state index contributed by atoms with van der Waals surface area (Å²) in [6.45, 7) is 7.06. The van der Waals surface area contributed by atoms with Crippen LogP contribution in [0.5, 0.6) is 11.5 Å². The van der Waals surface area contributed by atoms with Crippen LogP contribution in [-0.4, -0.2) is 11.5 Å². The second kappa shape index (κ2) is 2.66. The van der Waals surface area contributed by atoms with Gasteiger partial charge in [-0.3, -0.25) is 0 Å². The smallest absolute Gasteiger partial charge is 0.327 e. The molecule has 1 N–H and O–H groups in total. The highest BCUT2D eigenvalue weighted by atomic mass is 16.7. The highest BCUT2D eigenvalue weighted by Crippen LogP contribution is 2.36. The molecule has 0 bridgehead atoms. The van der Waals surface area contributed by atoms with Crippen LogP contribution in [0, 0.1) is 0 Å². The molecule has 0 aliphatic carbocycles. The van der Waals surface area contributed by atoms with Crippen molar-refractivity contribution in [3.63, 3.8) is 0 Å². The standard InChI is InChI=1S/C11H14O2/c1-11(2,3)8-4-5-9-10(6-8)13-7-12-9/h4-6H,7H2,1-3H3/p+1. The number of rotatable bonds is 0. The summed E-state index contributed by atoms with van der Waals surface area (Å²) >= 11 is 0. The lowest BCUT2D eigenvalue weighted by Crippen LogP contribution is -2.10. The summed E-state index contributed by atoms with van der Waals surface area (Å²) < 4.78 is 9.57. The number of hydrogen-bond donors (Lipinski definition) is 0. The Morgan fingerprint density at radius 1 is 1.31 bits per heavy atom. The van der Waals surface area contributed by atoms with Gasteiger partial charge in [0.15, 0.2) is 0 Å². The topological polar surface area (TPSA) is 22.0 Å². The van der Waals surface area contributed by atoms with Gasteiger partial charge in [-0.1, -0.05) is 20.8 Å². The maximum absolute atomic E-state index is 5.37. The van der Waals surface area contributed by atoms with Crippen molar-refractivity contribution < 1.29 is 9.47 Å². The number of aromatic hydroxyl groups is 1. The molecule has 1 heterocycles. The van der Waals surface area contributed by atoms with Crippen LogP contribution in [0.2, 0.25) is 0 Å². The van der Waals surface area contributed by atoms with E-state index in [1.165, 1.54) is 5.56 Å². The summed E-state index contributed by atoms with van der Waals surface area (Å²) in [5.74, 6) is 1.90. The molecule has 0 unspecified atom stereocenters. The summed E-state index contributed by atoms with van der Waals surface area (Å²) in [5.41, 5.74) is 1.48. The van der Waals surface area contributed by atoms with Crippen molar-refractivity contribution in [1.82, 2.24) is 0 Å². The molecule has 1 aliphatic heterocycles. The van der Waals surface area contributed by atoms with Gasteiger partial charge in [-0.05, 0) is 23.1 Å². The Bertz CT molecular complexity index is 323. The SMILES string of the molecule is CC(C)(C)c1ccc2c(c1)OC[OH+]2. The number of fused-ring (bicyclic) bond motifs is 1. The molecule has 0 atom stereocenters. The van der Waals surface area contributed by atoms with E-state index in [9.17, 15) is 0 Å². The number of benzene rings is 1. The number of hydrogen-bond acceptors (Lipinski definition) is 1. The van der Waals surface area contributed by atoms with Gasteiger partial charge in [-0.25, -0.2) is 0 Å². The normalized spacial score (nSPS) is 14.7. The van der Waals surface area contributed by atoms with E-state index in [0.29, 0.717) is 6.79 Å². The Hall–Kier alpha value is -1.18. The van der Waals surface area contributed by atoms with Crippen LogP contribution >= 0.6 is 0 Å². The molecule has 0 saturated carbocycles. The van der Waals surface area contributed by atoms with E-state index in [4.69, 9.17) is 4.74 Å². The molecular weight excluding hydrogens is 164 g/mol. The summed E-state index contributed by atoms with van der Waals surface area (Å²) in [5, 5.41) is 0. The Labute approximate surface area is 78.5 Å². The molecule has 2 rings (SSSR count). The number of aliphatic hydroxyl groups is 1. The lowest BCUT2D eigenvalue weighted by molar-refractivity contribution is 0.00264. The van der Waals surface area contributed by atoms with Gasteiger partial charge in [0.1, 0.15) is 0 Å². The summed E-state index contributed by atoms with van der Waals surface area (Å²) in [6, 6.07) is 6.24. The zero-order valence-electron chi connectivity index (χ0n) is 8.29. The lowest BCUT2D eigenvalue weighted by atomic mass is 9.87. The third-order valence-electron chi connectivity index (χ3n) is 2.28. The molecule has 0 radical (unpaired) electrons. The van der Waals surface area contributed by atoms with Crippen LogP contribution in [0.3, 0.4) is 0 Å². The largest absolute Gasteiger partial charge is 0.551 e.